The van der Waals surface area contributed by atoms with E-state index in [9.17, 15) is 4.79 Å². The van der Waals surface area contributed by atoms with Crippen LogP contribution in [0.4, 0.5) is 0 Å². The second kappa shape index (κ2) is 8.71. The van der Waals surface area contributed by atoms with Crippen molar-refractivity contribution < 1.29 is 9.53 Å². The van der Waals surface area contributed by atoms with Gasteiger partial charge >= 0.3 is 0 Å². The van der Waals surface area contributed by atoms with Crippen LogP contribution >= 0.6 is 12.4 Å². The summed E-state index contributed by atoms with van der Waals surface area (Å²) in [5.74, 6) is 3.98. The van der Waals surface area contributed by atoms with Crippen LogP contribution in [0.1, 0.15) is 53.6 Å². The van der Waals surface area contributed by atoms with Crippen LogP contribution in [0.5, 0.6) is 5.75 Å². The molecule has 0 radical (unpaired) electrons. The largest absolute Gasteiger partial charge is 0.492 e. The lowest BCUT2D eigenvalue weighted by Crippen LogP contribution is -2.39. The van der Waals surface area contributed by atoms with Gasteiger partial charge in [-0.1, -0.05) is 12.1 Å². The quantitative estimate of drug-likeness (QED) is 0.809. The number of hydrogen-bond donors (Lipinski definition) is 1. The highest BCUT2D eigenvalue weighted by molar-refractivity contribution is 5.97. The molecule has 1 N–H and O–H groups in total. The van der Waals surface area contributed by atoms with E-state index >= 15 is 0 Å². The van der Waals surface area contributed by atoms with Crippen LogP contribution in [0.15, 0.2) is 24.3 Å². The van der Waals surface area contributed by atoms with Gasteiger partial charge < -0.3 is 19.5 Å². The normalized spacial score (nSPS) is 19.4. The molecule has 1 aromatic heterocycles. The molecule has 1 aromatic carbocycles. The predicted octanol–water partition coefficient (Wildman–Crippen LogP) is 2.61. The summed E-state index contributed by atoms with van der Waals surface area (Å²) in [4.78, 5) is 15.1. The highest BCUT2D eigenvalue weighted by Crippen LogP contribution is 2.32. The van der Waals surface area contributed by atoms with E-state index in [4.69, 9.17) is 4.74 Å². The van der Waals surface area contributed by atoms with Gasteiger partial charge in [-0.2, -0.15) is 0 Å². The Labute approximate surface area is 177 Å². The van der Waals surface area contributed by atoms with Crippen molar-refractivity contribution in [1.29, 1.82) is 0 Å². The number of para-hydroxylation sites is 1. The molecule has 0 bridgehead atoms. The van der Waals surface area contributed by atoms with E-state index in [0.717, 1.165) is 69.6 Å². The maximum atomic E-state index is 13.1. The van der Waals surface area contributed by atoms with Crippen molar-refractivity contribution in [2.45, 2.75) is 44.7 Å². The van der Waals surface area contributed by atoms with Crippen LogP contribution in [0.3, 0.4) is 0 Å². The number of nitrogens with one attached hydrogen (secondary N) is 1. The third-order valence-electron chi connectivity index (χ3n) is 6.09. The van der Waals surface area contributed by atoms with Gasteiger partial charge in [0.2, 0.25) is 0 Å². The van der Waals surface area contributed by atoms with Gasteiger partial charge in [0.05, 0.1) is 18.7 Å². The third-order valence-corrected chi connectivity index (χ3v) is 6.09. The number of benzene rings is 1. The molecule has 2 aliphatic heterocycles. The Kier molecular flexibility index (Phi) is 6.06. The van der Waals surface area contributed by atoms with Crippen LogP contribution in [0.25, 0.3) is 0 Å². The summed E-state index contributed by atoms with van der Waals surface area (Å²) in [6, 6.07) is 7.66. The summed E-state index contributed by atoms with van der Waals surface area (Å²) in [6.07, 6.45) is 4.35. The zero-order chi connectivity index (χ0) is 18.9. The van der Waals surface area contributed by atoms with Crippen LogP contribution in [0, 0.1) is 5.92 Å². The summed E-state index contributed by atoms with van der Waals surface area (Å²) in [5.41, 5.74) is 0.688. The number of rotatable bonds is 5. The minimum absolute atomic E-state index is 0. The standard InChI is InChI=1S/C21H27N5O2.ClH/c27-21(17-3-1-2-4-18(17)28-14-15-5-6-15)25-10-7-16(8-11-25)20-24-23-19-13-22-9-12-26(19)20;/h1-4,15-16,22H,5-14H2;1H. The zero-order valence-electron chi connectivity index (χ0n) is 16.5. The van der Waals surface area contributed by atoms with Crippen molar-refractivity contribution in [3.63, 3.8) is 0 Å². The fourth-order valence-electron chi connectivity index (χ4n) is 4.19. The molecule has 7 nitrogen and oxygen atoms in total. The molecule has 0 unspecified atom stereocenters. The fraction of sp³-hybridized carbons (Fsp3) is 0.571. The molecule has 3 heterocycles. The number of halogens is 1. The van der Waals surface area contributed by atoms with E-state index in [1.807, 2.05) is 29.2 Å². The lowest BCUT2D eigenvalue weighted by molar-refractivity contribution is 0.0705. The number of aromatic nitrogens is 3. The van der Waals surface area contributed by atoms with E-state index in [1.165, 1.54) is 12.8 Å². The molecule has 0 atom stereocenters. The molecular formula is C21H28ClN5O2. The molecule has 1 saturated carbocycles. The fourth-order valence-corrected chi connectivity index (χ4v) is 4.19. The Bertz CT molecular complexity index is 859. The molecule has 8 heteroatoms. The molecule has 1 aliphatic carbocycles. The second-order valence-electron chi connectivity index (χ2n) is 8.12. The van der Waals surface area contributed by atoms with E-state index < -0.39 is 0 Å². The number of hydrogen-bond acceptors (Lipinski definition) is 5. The van der Waals surface area contributed by atoms with Crippen molar-refractivity contribution >= 4 is 18.3 Å². The maximum Gasteiger partial charge on any atom is 0.257 e. The van der Waals surface area contributed by atoms with Crippen molar-refractivity contribution in [2.24, 2.45) is 5.92 Å². The van der Waals surface area contributed by atoms with Crippen LogP contribution in [-0.2, 0) is 13.1 Å². The summed E-state index contributed by atoms with van der Waals surface area (Å²) < 4.78 is 8.20. The lowest BCUT2D eigenvalue weighted by atomic mass is 9.95. The van der Waals surface area contributed by atoms with Gasteiger partial charge in [-0.05, 0) is 43.7 Å². The molecule has 1 amide bonds. The number of piperidine rings is 1. The summed E-state index contributed by atoms with van der Waals surface area (Å²) in [6.45, 7) is 4.92. The average Bonchev–Trinajstić information content (AvgIpc) is 3.49. The highest BCUT2D eigenvalue weighted by Gasteiger charge is 2.30. The number of fused-ring (bicyclic) bond motifs is 1. The van der Waals surface area contributed by atoms with Gasteiger partial charge in [-0.15, -0.1) is 22.6 Å². The van der Waals surface area contributed by atoms with E-state index in [-0.39, 0.29) is 18.3 Å². The first-order valence-electron chi connectivity index (χ1n) is 10.4. The minimum Gasteiger partial charge on any atom is -0.492 e. The van der Waals surface area contributed by atoms with E-state index in [1.54, 1.807) is 0 Å². The second-order valence-corrected chi connectivity index (χ2v) is 8.12. The molecule has 3 aliphatic rings. The molecule has 29 heavy (non-hydrogen) atoms. The number of carbonyl (C=O) groups excluding carboxylic acids is 1. The Morgan fingerprint density at radius 1 is 1.10 bits per heavy atom. The zero-order valence-corrected chi connectivity index (χ0v) is 17.4. The third kappa shape index (κ3) is 4.26. The van der Waals surface area contributed by atoms with Crippen LogP contribution < -0.4 is 10.1 Å². The van der Waals surface area contributed by atoms with Gasteiger partial charge in [-0.3, -0.25) is 4.79 Å². The number of ether oxygens (including phenoxy) is 1. The van der Waals surface area contributed by atoms with Gasteiger partial charge in [0.1, 0.15) is 17.4 Å². The van der Waals surface area contributed by atoms with Gasteiger partial charge in [-0.25, -0.2) is 0 Å². The van der Waals surface area contributed by atoms with Crippen molar-refractivity contribution in [2.75, 3.05) is 26.2 Å². The smallest absolute Gasteiger partial charge is 0.257 e. The number of amides is 1. The van der Waals surface area contributed by atoms with Crippen molar-refractivity contribution in [1.82, 2.24) is 25.0 Å². The monoisotopic (exact) mass is 417 g/mol. The van der Waals surface area contributed by atoms with Gasteiger partial charge in [0, 0.05) is 32.1 Å². The summed E-state index contributed by atoms with van der Waals surface area (Å²) >= 11 is 0. The number of likely N-dealkylation sites (tertiary alicyclic amines) is 1. The molecular weight excluding hydrogens is 390 g/mol. The van der Waals surface area contributed by atoms with E-state index in [2.05, 4.69) is 20.1 Å². The van der Waals surface area contributed by atoms with E-state index in [0.29, 0.717) is 17.4 Å². The van der Waals surface area contributed by atoms with Crippen molar-refractivity contribution in [3.8, 4) is 5.75 Å². The summed E-state index contributed by atoms with van der Waals surface area (Å²) in [5, 5.41) is 12.1. The number of nitrogens with zero attached hydrogens (tertiary/aromatic N) is 4. The first kappa shape index (κ1) is 20.2. The van der Waals surface area contributed by atoms with Gasteiger partial charge in [0.15, 0.2) is 0 Å². The highest BCUT2D eigenvalue weighted by atomic mass is 35.5. The molecule has 0 spiro atoms. The Morgan fingerprint density at radius 2 is 1.90 bits per heavy atom. The Balaban J connectivity index is 0.00000205. The first-order valence-corrected chi connectivity index (χ1v) is 10.4. The molecule has 2 fully saturated rings. The SMILES string of the molecule is Cl.O=C(c1ccccc1OCC1CC1)N1CCC(c2nnc3n2CCNC3)CC1. The van der Waals surface area contributed by atoms with Crippen LogP contribution in [0.2, 0.25) is 0 Å². The minimum atomic E-state index is 0. The first-order chi connectivity index (χ1) is 13.8. The predicted molar refractivity (Wildman–Crippen MR) is 112 cm³/mol. The van der Waals surface area contributed by atoms with Gasteiger partial charge in [0.25, 0.3) is 5.91 Å². The molecule has 156 valence electrons. The average molecular weight is 418 g/mol. The van der Waals surface area contributed by atoms with Crippen molar-refractivity contribution in [3.05, 3.63) is 41.5 Å². The summed E-state index contributed by atoms with van der Waals surface area (Å²) in [7, 11) is 0. The van der Waals surface area contributed by atoms with Crippen LogP contribution in [-0.4, -0.2) is 51.8 Å². The number of carbonyl (C=O) groups is 1. The topological polar surface area (TPSA) is 72.3 Å². The molecule has 2 aromatic rings. The Morgan fingerprint density at radius 3 is 2.69 bits per heavy atom. The Hall–Kier alpha value is -2.12. The molecule has 1 saturated heterocycles. The maximum absolute atomic E-state index is 13.1. The molecule has 5 rings (SSSR count). The lowest BCUT2D eigenvalue weighted by Gasteiger charge is -2.32.